The fourth-order valence-corrected chi connectivity index (χ4v) is 4.25. The lowest BCUT2D eigenvalue weighted by Crippen LogP contribution is -2.53. The monoisotopic (exact) mass is 341 g/mol. The third kappa shape index (κ3) is 3.00. The lowest BCUT2D eigenvalue weighted by Gasteiger charge is -2.35. The van der Waals surface area contributed by atoms with Gasteiger partial charge in [-0.25, -0.2) is 0 Å². The van der Waals surface area contributed by atoms with E-state index in [-0.39, 0.29) is 5.91 Å². The van der Waals surface area contributed by atoms with Crippen molar-refractivity contribution in [3.8, 4) is 0 Å². The number of hydrogen-bond acceptors (Lipinski definition) is 4. The van der Waals surface area contributed by atoms with Crippen LogP contribution in [0.1, 0.15) is 34.6 Å². The molecule has 1 aliphatic carbocycles. The van der Waals surface area contributed by atoms with Gasteiger partial charge >= 0.3 is 0 Å². The molecule has 0 unspecified atom stereocenters. The third-order valence-electron chi connectivity index (χ3n) is 4.57. The number of amides is 1. The molecule has 0 spiro atoms. The molecule has 1 amide bonds. The van der Waals surface area contributed by atoms with Gasteiger partial charge in [-0.05, 0) is 25.7 Å². The van der Waals surface area contributed by atoms with Crippen LogP contribution in [0.2, 0.25) is 0 Å². The van der Waals surface area contributed by atoms with Gasteiger partial charge in [0, 0.05) is 51.5 Å². The molecule has 1 fully saturated rings. The van der Waals surface area contributed by atoms with E-state index >= 15 is 0 Å². The lowest BCUT2D eigenvalue weighted by atomic mass is 9.95. The number of nitrogens with one attached hydrogen (secondary N) is 1. The third-order valence-corrected chi connectivity index (χ3v) is 6.51. The Balaban J connectivity index is 1.68. The van der Waals surface area contributed by atoms with Crippen LogP contribution in [0.25, 0.3) is 0 Å². The maximum absolute atomic E-state index is 12.7. The van der Waals surface area contributed by atoms with E-state index in [9.17, 15) is 13.2 Å². The SMILES string of the molecule is CN(C)S(=O)(=O)N1CCN(C(=O)c2n[nH]c3c2CCCC3)CC1. The molecular weight excluding hydrogens is 318 g/mol. The zero-order valence-corrected chi connectivity index (χ0v) is 14.4. The molecular formula is C14H23N5O3S. The van der Waals surface area contributed by atoms with Crippen LogP contribution in [0.15, 0.2) is 0 Å². The lowest BCUT2D eigenvalue weighted by molar-refractivity contribution is 0.0688. The minimum absolute atomic E-state index is 0.0914. The number of aromatic amines is 1. The summed E-state index contributed by atoms with van der Waals surface area (Å²) >= 11 is 0. The molecule has 1 aromatic rings. The molecule has 0 bridgehead atoms. The quantitative estimate of drug-likeness (QED) is 0.828. The first-order valence-corrected chi connectivity index (χ1v) is 9.34. The summed E-state index contributed by atoms with van der Waals surface area (Å²) in [7, 11) is -0.377. The summed E-state index contributed by atoms with van der Waals surface area (Å²) in [4.78, 5) is 14.4. The van der Waals surface area contributed by atoms with E-state index in [1.165, 1.54) is 22.7 Å². The van der Waals surface area contributed by atoms with Crippen LogP contribution >= 0.6 is 0 Å². The van der Waals surface area contributed by atoms with Crippen molar-refractivity contribution in [2.24, 2.45) is 0 Å². The molecule has 9 heteroatoms. The smallest absolute Gasteiger partial charge is 0.281 e. The van der Waals surface area contributed by atoms with Crippen LogP contribution in [-0.2, 0) is 23.1 Å². The number of hydrogen-bond donors (Lipinski definition) is 1. The van der Waals surface area contributed by atoms with Crippen LogP contribution in [0.4, 0.5) is 0 Å². The van der Waals surface area contributed by atoms with Crippen molar-refractivity contribution in [2.45, 2.75) is 25.7 Å². The highest BCUT2D eigenvalue weighted by atomic mass is 32.2. The number of rotatable bonds is 3. The second kappa shape index (κ2) is 6.21. The molecule has 128 valence electrons. The number of carbonyl (C=O) groups excluding carboxylic acids is 1. The molecule has 2 heterocycles. The fourth-order valence-electron chi connectivity index (χ4n) is 3.16. The second-order valence-electron chi connectivity index (χ2n) is 6.22. The Morgan fingerprint density at radius 1 is 1.13 bits per heavy atom. The fraction of sp³-hybridized carbons (Fsp3) is 0.714. The molecule has 8 nitrogen and oxygen atoms in total. The van der Waals surface area contributed by atoms with E-state index in [1.54, 1.807) is 4.90 Å². The Labute approximate surface area is 136 Å². The summed E-state index contributed by atoms with van der Waals surface area (Å²) in [5.74, 6) is -0.0914. The highest BCUT2D eigenvalue weighted by Crippen LogP contribution is 2.23. The van der Waals surface area contributed by atoms with Crippen LogP contribution in [0.5, 0.6) is 0 Å². The van der Waals surface area contributed by atoms with Gasteiger partial charge in [-0.3, -0.25) is 9.89 Å². The molecule has 1 saturated heterocycles. The van der Waals surface area contributed by atoms with E-state index in [1.807, 2.05) is 0 Å². The van der Waals surface area contributed by atoms with Gasteiger partial charge in [-0.2, -0.15) is 22.1 Å². The minimum atomic E-state index is -3.41. The number of nitrogens with zero attached hydrogens (tertiary/aromatic N) is 4. The number of H-pyrrole nitrogens is 1. The van der Waals surface area contributed by atoms with Crippen LogP contribution in [-0.4, -0.2) is 78.3 Å². The number of piperazine rings is 1. The van der Waals surface area contributed by atoms with Crippen molar-refractivity contribution in [3.05, 3.63) is 17.0 Å². The minimum Gasteiger partial charge on any atom is -0.335 e. The normalized spacial score (nSPS) is 19.9. The molecule has 0 aromatic carbocycles. The first kappa shape index (κ1) is 16.4. The van der Waals surface area contributed by atoms with Crippen molar-refractivity contribution in [3.63, 3.8) is 0 Å². The number of carbonyl (C=O) groups is 1. The highest BCUT2D eigenvalue weighted by Gasteiger charge is 2.32. The molecule has 3 rings (SSSR count). The molecule has 2 aliphatic rings. The summed E-state index contributed by atoms with van der Waals surface area (Å²) in [6.07, 6.45) is 4.05. The molecule has 1 aliphatic heterocycles. The van der Waals surface area contributed by atoms with Crippen molar-refractivity contribution in [1.29, 1.82) is 0 Å². The molecule has 1 N–H and O–H groups in total. The van der Waals surface area contributed by atoms with E-state index in [2.05, 4.69) is 10.2 Å². The first-order chi connectivity index (χ1) is 10.9. The van der Waals surface area contributed by atoms with Gasteiger partial charge in [0.15, 0.2) is 5.69 Å². The van der Waals surface area contributed by atoms with E-state index in [0.717, 1.165) is 36.9 Å². The average Bonchev–Trinajstić information content (AvgIpc) is 2.98. The Bertz CT molecular complexity index is 689. The largest absolute Gasteiger partial charge is 0.335 e. The maximum atomic E-state index is 12.7. The standard InChI is InChI=1S/C14H23N5O3S/c1-17(2)23(21,22)19-9-7-18(8-10-19)14(20)13-11-5-3-4-6-12(11)15-16-13/h3-10H2,1-2H3,(H,15,16). The maximum Gasteiger partial charge on any atom is 0.281 e. The van der Waals surface area contributed by atoms with Gasteiger partial charge in [0.05, 0.1) is 0 Å². The van der Waals surface area contributed by atoms with Gasteiger partial charge in [0.1, 0.15) is 0 Å². The van der Waals surface area contributed by atoms with E-state index < -0.39 is 10.2 Å². The molecule has 0 atom stereocenters. The first-order valence-electron chi connectivity index (χ1n) is 7.94. The Morgan fingerprint density at radius 2 is 1.78 bits per heavy atom. The highest BCUT2D eigenvalue weighted by molar-refractivity contribution is 7.86. The van der Waals surface area contributed by atoms with Crippen molar-refractivity contribution in [2.75, 3.05) is 40.3 Å². The molecule has 23 heavy (non-hydrogen) atoms. The van der Waals surface area contributed by atoms with Crippen LogP contribution in [0, 0.1) is 0 Å². The topological polar surface area (TPSA) is 89.6 Å². The Kier molecular flexibility index (Phi) is 4.43. The summed E-state index contributed by atoms with van der Waals surface area (Å²) in [6.45, 7) is 1.43. The Hall–Kier alpha value is -1.45. The zero-order chi connectivity index (χ0) is 16.6. The molecule has 1 aromatic heterocycles. The van der Waals surface area contributed by atoms with Gasteiger partial charge in [-0.1, -0.05) is 0 Å². The zero-order valence-electron chi connectivity index (χ0n) is 13.6. The summed E-state index contributed by atoms with van der Waals surface area (Å²) in [5, 5.41) is 7.20. The summed E-state index contributed by atoms with van der Waals surface area (Å²) in [6, 6.07) is 0. The van der Waals surface area contributed by atoms with Crippen LogP contribution in [0.3, 0.4) is 0 Å². The van der Waals surface area contributed by atoms with Gasteiger partial charge in [-0.15, -0.1) is 0 Å². The average molecular weight is 341 g/mol. The number of fused-ring (bicyclic) bond motifs is 1. The Morgan fingerprint density at radius 3 is 2.43 bits per heavy atom. The predicted octanol–water partition coefficient (Wildman–Crippen LogP) is -0.147. The van der Waals surface area contributed by atoms with Gasteiger partial charge in [0.25, 0.3) is 16.1 Å². The molecule has 0 radical (unpaired) electrons. The molecule has 0 saturated carbocycles. The second-order valence-corrected chi connectivity index (χ2v) is 8.36. The predicted molar refractivity (Wildman–Crippen MR) is 85.3 cm³/mol. The van der Waals surface area contributed by atoms with Gasteiger partial charge < -0.3 is 4.90 Å². The van der Waals surface area contributed by atoms with Crippen molar-refractivity contribution in [1.82, 2.24) is 23.7 Å². The van der Waals surface area contributed by atoms with E-state index in [0.29, 0.717) is 31.9 Å². The summed E-state index contributed by atoms with van der Waals surface area (Å²) in [5.41, 5.74) is 2.64. The van der Waals surface area contributed by atoms with Gasteiger partial charge in [0.2, 0.25) is 0 Å². The number of aryl methyl sites for hydroxylation is 1. The van der Waals surface area contributed by atoms with Crippen molar-refractivity contribution >= 4 is 16.1 Å². The summed E-state index contributed by atoms with van der Waals surface area (Å²) < 4.78 is 26.8. The number of aromatic nitrogens is 2. The van der Waals surface area contributed by atoms with Crippen LogP contribution < -0.4 is 0 Å². The van der Waals surface area contributed by atoms with E-state index in [4.69, 9.17) is 0 Å². The van der Waals surface area contributed by atoms with Crippen molar-refractivity contribution < 1.29 is 13.2 Å².